The molecule has 2 rings (SSSR count). The number of aryl methyl sites for hydroxylation is 2. The quantitative estimate of drug-likeness (QED) is 0.688. The van der Waals surface area contributed by atoms with Crippen LogP contribution < -0.4 is 0 Å². The van der Waals surface area contributed by atoms with Crippen molar-refractivity contribution in [3.63, 3.8) is 0 Å². The van der Waals surface area contributed by atoms with E-state index in [1.54, 1.807) is 6.20 Å². The second kappa shape index (κ2) is 2.55. The van der Waals surface area contributed by atoms with Crippen molar-refractivity contribution >= 4 is 27.0 Å². The van der Waals surface area contributed by atoms with E-state index in [1.165, 1.54) is 0 Å². The number of rotatable bonds is 0. The monoisotopic (exact) mass is 225 g/mol. The summed E-state index contributed by atoms with van der Waals surface area (Å²) in [4.78, 5) is 8.51. The Balaban J connectivity index is 2.97. The molecule has 0 spiro atoms. The van der Waals surface area contributed by atoms with Crippen molar-refractivity contribution in [3.05, 3.63) is 22.7 Å². The summed E-state index contributed by atoms with van der Waals surface area (Å²) in [6, 6.07) is 1.91. The van der Waals surface area contributed by atoms with Crippen molar-refractivity contribution < 1.29 is 0 Å². The predicted molar refractivity (Wildman–Crippen MR) is 50.9 cm³/mol. The lowest BCUT2D eigenvalue weighted by molar-refractivity contribution is 0.905. The molecule has 0 saturated carbocycles. The normalized spacial score (nSPS) is 10.9. The summed E-state index contributed by atoms with van der Waals surface area (Å²) in [5.41, 5.74) is 3.08. The second-order valence-electron chi connectivity index (χ2n) is 2.70. The van der Waals surface area contributed by atoms with Gasteiger partial charge in [-0.3, -0.25) is 4.98 Å². The van der Waals surface area contributed by atoms with Crippen molar-refractivity contribution in [1.82, 2.24) is 14.5 Å². The SMILES string of the molecule is Cc1nccc2nc(Br)n(C)c12. The fraction of sp³-hybridized carbons (Fsp3) is 0.250. The van der Waals surface area contributed by atoms with Crippen LogP contribution in [0.3, 0.4) is 0 Å². The van der Waals surface area contributed by atoms with E-state index in [1.807, 2.05) is 24.6 Å². The summed E-state index contributed by atoms with van der Waals surface area (Å²) < 4.78 is 2.83. The molecular formula is C8H8BrN3. The van der Waals surface area contributed by atoms with Crippen molar-refractivity contribution in [2.75, 3.05) is 0 Å². The molecule has 2 aromatic rings. The molecule has 0 aliphatic heterocycles. The van der Waals surface area contributed by atoms with Crippen molar-refractivity contribution in [1.29, 1.82) is 0 Å². The molecular weight excluding hydrogens is 218 g/mol. The molecule has 0 bridgehead atoms. The number of hydrogen-bond acceptors (Lipinski definition) is 2. The van der Waals surface area contributed by atoms with E-state index >= 15 is 0 Å². The Morgan fingerprint density at radius 1 is 1.50 bits per heavy atom. The van der Waals surface area contributed by atoms with E-state index in [0.29, 0.717) is 0 Å². The summed E-state index contributed by atoms with van der Waals surface area (Å²) in [6.07, 6.45) is 1.77. The second-order valence-corrected chi connectivity index (χ2v) is 3.41. The Bertz CT molecular complexity index is 433. The lowest BCUT2D eigenvalue weighted by Crippen LogP contribution is -1.90. The first-order valence-corrected chi connectivity index (χ1v) is 4.43. The van der Waals surface area contributed by atoms with Crippen LogP contribution in [0.5, 0.6) is 0 Å². The van der Waals surface area contributed by atoms with E-state index < -0.39 is 0 Å². The lowest BCUT2D eigenvalue weighted by Gasteiger charge is -1.97. The van der Waals surface area contributed by atoms with Gasteiger partial charge in [-0.05, 0) is 28.9 Å². The van der Waals surface area contributed by atoms with Gasteiger partial charge in [-0.25, -0.2) is 4.98 Å². The van der Waals surface area contributed by atoms with E-state index in [2.05, 4.69) is 25.9 Å². The predicted octanol–water partition coefficient (Wildman–Crippen LogP) is 2.04. The van der Waals surface area contributed by atoms with E-state index in [-0.39, 0.29) is 0 Å². The first-order chi connectivity index (χ1) is 5.70. The highest BCUT2D eigenvalue weighted by Gasteiger charge is 2.06. The Morgan fingerprint density at radius 2 is 2.25 bits per heavy atom. The Morgan fingerprint density at radius 3 is 2.92 bits per heavy atom. The maximum atomic E-state index is 4.31. The van der Waals surface area contributed by atoms with Crippen LogP contribution >= 0.6 is 15.9 Å². The number of fused-ring (bicyclic) bond motifs is 1. The molecule has 2 aromatic heterocycles. The van der Waals surface area contributed by atoms with Gasteiger partial charge < -0.3 is 4.57 Å². The Hall–Kier alpha value is -0.900. The maximum absolute atomic E-state index is 4.31. The summed E-state index contributed by atoms with van der Waals surface area (Å²) >= 11 is 3.37. The number of hydrogen-bond donors (Lipinski definition) is 0. The highest BCUT2D eigenvalue weighted by Crippen LogP contribution is 2.19. The summed E-state index contributed by atoms with van der Waals surface area (Å²) in [5.74, 6) is 0. The van der Waals surface area contributed by atoms with Gasteiger partial charge in [0.1, 0.15) is 0 Å². The van der Waals surface area contributed by atoms with Crippen LogP contribution in [0.15, 0.2) is 17.0 Å². The molecule has 0 fully saturated rings. The van der Waals surface area contributed by atoms with E-state index in [9.17, 15) is 0 Å². The first-order valence-electron chi connectivity index (χ1n) is 3.63. The minimum atomic E-state index is 0.841. The van der Waals surface area contributed by atoms with Crippen LogP contribution in [-0.2, 0) is 7.05 Å². The summed E-state index contributed by atoms with van der Waals surface area (Å²) in [5, 5.41) is 0. The fourth-order valence-corrected chi connectivity index (χ4v) is 1.68. The van der Waals surface area contributed by atoms with Gasteiger partial charge in [0.15, 0.2) is 4.73 Å². The highest BCUT2D eigenvalue weighted by molar-refractivity contribution is 9.10. The molecule has 0 amide bonds. The molecule has 0 unspecified atom stereocenters. The molecule has 0 radical (unpaired) electrons. The smallest absolute Gasteiger partial charge is 0.177 e. The molecule has 12 heavy (non-hydrogen) atoms. The van der Waals surface area contributed by atoms with Crippen LogP contribution in [0.2, 0.25) is 0 Å². The topological polar surface area (TPSA) is 30.7 Å². The van der Waals surface area contributed by atoms with Crippen molar-refractivity contribution in [3.8, 4) is 0 Å². The van der Waals surface area contributed by atoms with Crippen LogP contribution in [0.25, 0.3) is 11.0 Å². The van der Waals surface area contributed by atoms with Gasteiger partial charge in [-0.2, -0.15) is 0 Å². The third kappa shape index (κ3) is 0.948. The van der Waals surface area contributed by atoms with Crippen molar-refractivity contribution in [2.45, 2.75) is 6.92 Å². The lowest BCUT2D eigenvalue weighted by atomic mass is 10.3. The molecule has 0 saturated heterocycles. The minimum Gasteiger partial charge on any atom is -0.320 e. The zero-order valence-corrected chi connectivity index (χ0v) is 8.46. The minimum absolute atomic E-state index is 0.841. The summed E-state index contributed by atoms with van der Waals surface area (Å²) in [7, 11) is 1.97. The van der Waals surface area contributed by atoms with Gasteiger partial charge in [0.05, 0.1) is 16.7 Å². The van der Waals surface area contributed by atoms with E-state index in [4.69, 9.17) is 0 Å². The standard InChI is InChI=1S/C8H8BrN3/c1-5-7-6(3-4-10-5)11-8(9)12(7)2/h3-4H,1-2H3. The molecule has 62 valence electrons. The van der Waals surface area contributed by atoms with Gasteiger partial charge in [-0.1, -0.05) is 0 Å². The molecule has 2 heterocycles. The number of pyridine rings is 1. The molecule has 0 N–H and O–H groups in total. The number of aromatic nitrogens is 3. The van der Waals surface area contributed by atoms with Gasteiger partial charge in [-0.15, -0.1) is 0 Å². The summed E-state index contributed by atoms with van der Waals surface area (Å²) in [6.45, 7) is 1.98. The third-order valence-electron chi connectivity index (χ3n) is 1.91. The van der Waals surface area contributed by atoms with Crippen LogP contribution in [-0.4, -0.2) is 14.5 Å². The zero-order chi connectivity index (χ0) is 8.72. The van der Waals surface area contributed by atoms with Gasteiger partial charge in [0.25, 0.3) is 0 Å². The van der Waals surface area contributed by atoms with Crippen molar-refractivity contribution in [2.24, 2.45) is 7.05 Å². The molecule has 4 heteroatoms. The number of nitrogens with zero attached hydrogens (tertiary/aromatic N) is 3. The van der Waals surface area contributed by atoms with Gasteiger partial charge in [0.2, 0.25) is 0 Å². The number of halogens is 1. The van der Waals surface area contributed by atoms with Crippen LogP contribution in [0.4, 0.5) is 0 Å². The van der Waals surface area contributed by atoms with E-state index in [0.717, 1.165) is 21.5 Å². The maximum Gasteiger partial charge on any atom is 0.177 e. The molecule has 0 aliphatic carbocycles. The highest BCUT2D eigenvalue weighted by atomic mass is 79.9. The molecule has 0 aliphatic rings. The molecule has 0 atom stereocenters. The third-order valence-corrected chi connectivity index (χ3v) is 2.62. The Labute approximate surface area is 78.6 Å². The van der Waals surface area contributed by atoms with Gasteiger partial charge in [0, 0.05) is 13.2 Å². The average molecular weight is 226 g/mol. The molecule has 0 aromatic carbocycles. The first kappa shape index (κ1) is 7.73. The fourth-order valence-electron chi connectivity index (χ4n) is 1.32. The average Bonchev–Trinajstić information content (AvgIpc) is 2.29. The van der Waals surface area contributed by atoms with Crippen LogP contribution in [0.1, 0.15) is 5.69 Å². The van der Waals surface area contributed by atoms with Crippen LogP contribution in [0, 0.1) is 6.92 Å². The largest absolute Gasteiger partial charge is 0.320 e. The molecule has 3 nitrogen and oxygen atoms in total. The number of imidazole rings is 1. The van der Waals surface area contributed by atoms with Gasteiger partial charge >= 0.3 is 0 Å². The zero-order valence-electron chi connectivity index (χ0n) is 6.87. The Kier molecular flexibility index (Phi) is 1.65.